The molecule has 5 aromatic carbocycles. The average Bonchev–Trinajstić information content (AvgIpc) is 3.18. The second-order valence-electron chi connectivity index (χ2n) is 8.52. The van der Waals surface area contributed by atoms with Crippen LogP contribution < -0.4 is 0 Å². The van der Waals surface area contributed by atoms with Gasteiger partial charge in [-0.25, -0.2) is 0 Å². The topological polar surface area (TPSA) is 17.8 Å². The fourth-order valence-electron chi connectivity index (χ4n) is 5.20. The van der Waals surface area contributed by atoms with Gasteiger partial charge in [-0.2, -0.15) is 0 Å². The summed E-state index contributed by atoms with van der Waals surface area (Å²) < 4.78 is 2.41. The van der Waals surface area contributed by atoms with Crippen LogP contribution in [0.2, 0.25) is 0 Å². The summed E-state index contributed by atoms with van der Waals surface area (Å²) in [5, 5.41) is 8.72. The molecular weight excluding hydrogens is 388 g/mol. The highest BCUT2D eigenvalue weighted by atomic mass is 15.0. The third-order valence-corrected chi connectivity index (χ3v) is 6.63. The monoisotopic (exact) mass is 408 g/mol. The van der Waals surface area contributed by atoms with Crippen molar-refractivity contribution in [2.24, 2.45) is 0 Å². The Kier molecular flexibility index (Phi) is 3.51. The van der Waals surface area contributed by atoms with Gasteiger partial charge in [0.25, 0.3) is 0 Å². The molecule has 0 aliphatic rings. The molecule has 0 spiro atoms. The number of benzene rings is 5. The minimum atomic E-state index is 1.04. The normalized spacial score (nSPS) is 11.9. The van der Waals surface area contributed by atoms with Crippen molar-refractivity contribution in [3.05, 3.63) is 109 Å². The Morgan fingerprint density at radius 1 is 0.594 bits per heavy atom. The van der Waals surface area contributed by atoms with Crippen LogP contribution in [0.15, 0.2) is 103 Å². The number of hydrogen-bond acceptors (Lipinski definition) is 1. The van der Waals surface area contributed by atoms with Crippen molar-refractivity contribution in [2.45, 2.75) is 6.92 Å². The molecule has 0 unspecified atom stereocenters. The Bertz CT molecular complexity index is 1840. The van der Waals surface area contributed by atoms with Gasteiger partial charge in [-0.3, -0.25) is 4.98 Å². The van der Waals surface area contributed by atoms with Crippen LogP contribution in [0.1, 0.15) is 5.69 Å². The fraction of sp³-hybridized carbons (Fsp3) is 0.0333. The maximum atomic E-state index is 4.93. The third-order valence-electron chi connectivity index (χ3n) is 6.63. The summed E-state index contributed by atoms with van der Waals surface area (Å²) in [5.41, 5.74) is 5.72. The first-order valence-electron chi connectivity index (χ1n) is 11.0. The van der Waals surface area contributed by atoms with E-state index in [1.165, 1.54) is 54.4 Å². The number of hydrogen-bond donors (Lipinski definition) is 0. The SMILES string of the molecule is Cc1nc2ccccc2c2c1c1ccccc1n2-c1ccc2cc3ccccc3cc2c1. The second kappa shape index (κ2) is 6.41. The third kappa shape index (κ3) is 2.38. The first-order chi connectivity index (χ1) is 15.8. The molecule has 0 N–H and O–H groups in total. The highest BCUT2D eigenvalue weighted by Gasteiger charge is 2.17. The lowest BCUT2D eigenvalue weighted by molar-refractivity contribution is 1.19. The van der Waals surface area contributed by atoms with Gasteiger partial charge in [0.05, 0.1) is 16.6 Å². The quantitative estimate of drug-likeness (QED) is 0.252. The molecule has 0 saturated carbocycles. The molecule has 0 aliphatic heterocycles. The Labute approximate surface area is 185 Å². The summed E-state index contributed by atoms with van der Waals surface area (Å²) in [6.45, 7) is 2.12. The number of fused-ring (bicyclic) bond motifs is 7. The van der Waals surface area contributed by atoms with Crippen molar-refractivity contribution in [3.8, 4) is 5.69 Å². The smallest absolute Gasteiger partial charge is 0.0726 e. The lowest BCUT2D eigenvalue weighted by Crippen LogP contribution is -1.96. The molecule has 0 fully saturated rings. The Morgan fingerprint density at radius 2 is 1.25 bits per heavy atom. The van der Waals surface area contributed by atoms with Gasteiger partial charge in [-0.1, -0.05) is 66.7 Å². The molecule has 2 nitrogen and oxygen atoms in total. The molecule has 7 rings (SSSR count). The summed E-state index contributed by atoms with van der Waals surface area (Å²) in [7, 11) is 0. The minimum Gasteiger partial charge on any atom is -0.308 e. The Balaban J connectivity index is 1.65. The van der Waals surface area contributed by atoms with E-state index in [4.69, 9.17) is 4.98 Å². The van der Waals surface area contributed by atoms with Crippen LogP contribution in [0.4, 0.5) is 0 Å². The predicted molar refractivity (Wildman–Crippen MR) is 136 cm³/mol. The summed E-state index contributed by atoms with van der Waals surface area (Å²) in [4.78, 5) is 4.93. The molecule has 150 valence electrons. The second-order valence-corrected chi connectivity index (χ2v) is 8.52. The molecule has 7 aromatic rings. The van der Waals surface area contributed by atoms with E-state index in [0.717, 1.165) is 11.2 Å². The molecule has 2 heterocycles. The number of para-hydroxylation sites is 2. The summed E-state index contributed by atoms with van der Waals surface area (Å²) >= 11 is 0. The number of pyridine rings is 1. The van der Waals surface area contributed by atoms with Gasteiger partial charge >= 0.3 is 0 Å². The fourth-order valence-corrected chi connectivity index (χ4v) is 5.20. The van der Waals surface area contributed by atoms with Crippen molar-refractivity contribution in [3.63, 3.8) is 0 Å². The number of aromatic nitrogens is 2. The van der Waals surface area contributed by atoms with E-state index in [2.05, 4.69) is 115 Å². The van der Waals surface area contributed by atoms with Gasteiger partial charge in [0.2, 0.25) is 0 Å². The molecule has 0 bridgehead atoms. The van der Waals surface area contributed by atoms with E-state index in [1.54, 1.807) is 0 Å². The molecule has 2 heteroatoms. The zero-order valence-corrected chi connectivity index (χ0v) is 17.7. The van der Waals surface area contributed by atoms with E-state index >= 15 is 0 Å². The number of aryl methyl sites for hydroxylation is 1. The molecule has 0 atom stereocenters. The number of nitrogens with zero attached hydrogens (tertiary/aromatic N) is 2. The van der Waals surface area contributed by atoms with Crippen LogP contribution in [0.25, 0.3) is 59.9 Å². The van der Waals surface area contributed by atoms with Crippen molar-refractivity contribution < 1.29 is 0 Å². The summed E-state index contributed by atoms with van der Waals surface area (Å²) in [5.74, 6) is 0. The van der Waals surface area contributed by atoms with Gasteiger partial charge < -0.3 is 4.57 Å². The van der Waals surface area contributed by atoms with Crippen molar-refractivity contribution in [2.75, 3.05) is 0 Å². The molecule has 0 saturated heterocycles. The molecule has 0 radical (unpaired) electrons. The van der Waals surface area contributed by atoms with Crippen LogP contribution in [-0.4, -0.2) is 9.55 Å². The van der Waals surface area contributed by atoms with Crippen LogP contribution >= 0.6 is 0 Å². The molecular formula is C30H20N2. The van der Waals surface area contributed by atoms with Crippen LogP contribution in [0.5, 0.6) is 0 Å². The van der Waals surface area contributed by atoms with E-state index in [1.807, 2.05) is 0 Å². The zero-order valence-electron chi connectivity index (χ0n) is 17.7. The van der Waals surface area contributed by atoms with Crippen molar-refractivity contribution >= 4 is 54.3 Å². The van der Waals surface area contributed by atoms with Gasteiger partial charge in [-0.05, 0) is 64.9 Å². The molecule has 0 amide bonds. The Hall–Kier alpha value is -4.17. The molecule has 0 aliphatic carbocycles. The van der Waals surface area contributed by atoms with E-state index < -0.39 is 0 Å². The maximum absolute atomic E-state index is 4.93. The lowest BCUT2D eigenvalue weighted by Gasteiger charge is -2.12. The predicted octanol–water partition coefficient (Wildman–Crippen LogP) is 7.95. The van der Waals surface area contributed by atoms with E-state index in [9.17, 15) is 0 Å². The molecule has 2 aromatic heterocycles. The largest absolute Gasteiger partial charge is 0.308 e. The lowest BCUT2D eigenvalue weighted by atomic mass is 10.0. The van der Waals surface area contributed by atoms with E-state index in [-0.39, 0.29) is 0 Å². The highest BCUT2D eigenvalue weighted by Crippen LogP contribution is 2.38. The summed E-state index contributed by atoms with van der Waals surface area (Å²) in [6, 6.07) is 37.1. The molecule has 32 heavy (non-hydrogen) atoms. The highest BCUT2D eigenvalue weighted by molar-refractivity contribution is 6.18. The van der Waals surface area contributed by atoms with Gasteiger partial charge in [0.1, 0.15) is 0 Å². The van der Waals surface area contributed by atoms with Crippen LogP contribution in [-0.2, 0) is 0 Å². The van der Waals surface area contributed by atoms with Gasteiger partial charge in [0, 0.05) is 27.5 Å². The van der Waals surface area contributed by atoms with Crippen LogP contribution in [0, 0.1) is 6.92 Å². The first kappa shape index (κ1) is 17.5. The van der Waals surface area contributed by atoms with Crippen molar-refractivity contribution in [1.29, 1.82) is 0 Å². The zero-order chi connectivity index (χ0) is 21.2. The Morgan fingerprint density at radius 3 is 2.09 bits per heavy atom. The van der Waals surface area contributed by atoms with E-state index in [0.29, 0.717) is 0 Å². The minimum absolute atomic E-state index is 1.04. The first-order valence-corrected chi connectivity index (χ1v) is 11.0. The van der Waals surface area contributed by atoms with Gasteiger partial charge in [-0.15, -0.1) is 0 Å². The number of rotatable bonds is 1. The maximum Gasteiger partial charge on any atom is 0.0726 e. The van der Waals surface area contributed by atoms with Crippen LogP contribution in [0.3, 0.4) is 0 Å². The average molecular weight is 409 g/mol. The summed E-state index contributed by atoms with van der Waals surface area (Å²) in [6.07, 6.45) is 0. The standard InChI is InChI=1S/C30H20N2/c1-19-29-26-11-5-7-13-28(26)32(30(29)25-10-4-6-12-27(25)31-19)24-15-14-22-16-20-8-2-3-9-21(20)17-23(22)18-24/h2-18H,1H3. The van der Waals surface area contributed by atoms with Crippen molar-refractivity contribution in [1.82, 2.24) is 9.55 Å². The van der Waals surface area contributed by atoms with Gasteiger partial charge in [0.15, 0.2) is 0 Å².